The van der Waals surface area contributed by atoms with Crippen molar-refractivity contribution in [1.29, 1.82) is 0 Å². The molecule has 66 valence electrons. The van der Waals surface area contributed by atoms with E-state index in [0.717, 1.165) is 12.8 Å². The minimum atomic E-state index is -0.417. The summed E-state index contributed by atoms with van der Waals surface area (Å²) in [7, 11) is 0. The summed E-state index contributed by atoms with van der Waals surface area (Å²) in [6.45, 7) is 6.39. The van der Waals surface area contributed by atoms with Gasteiger partial charge < -0.3 is 5.11 Å². The zero-order chi connectivity index (χ0) is 8.54. The Bertz CT molecular complexity index is 140. The van der Waals surface area contributed by atoms with Crippen molar-refractivity contribution in [2.75, 3.05) is 0 Å². The van der Waals surface area contributed by atoms with Gasteiger partial charge in [0.05, 0.1) is 5.60 Å². The molecule has 0 aromatic heterocycles. The van der Waals surface area contributed by atoms with E-state index in [0.29, 0.717) is 0 Å². The molecule has 0 amide bonds. The summed E-state index contributed by atoms with van der Waals surface area (Å²) in [5.41, 5.74) is -0.245. The molecule has 1 fully saturated rings. The van der Waals surface area contributed by atoms with Gasteiger partial charge in [0.1, 0.15) is 0 Å². The van der Waals surface area contributed by atoms with Crippen molar-refractivity contribution < 1.29 is 5.11 Å². The van der Waals surface area contributed by atoms with Crippen molar-refractivity contribution in [3.05, 3.63) is 0 Å². The van der Waals surface area contributed by atoms with Gasteiger partial charge in [0, 0.05) is 0 Å². The van der Waals surface area contributed by atoms with E-state index in [1.165, 1.54) is 19.3 Å². The van der Waals surface area contributed by atoms with E-state index >= 15 is 0 Å². The monoisotopic (exact) mass is 156 g/mol. The molecule has 2 unspecified atom stereocenters. The standard InChI is InChI=1S/C10H20O/c1-4-9(2)7-5-6-8-10(9,3)11/h11H,4-8H2,1-3H3. The molecule has 11 heavy (non-hydrogen) atoms. The number of aliphatic hydroxyl groups is 1. The lowest BCUT2D eigenvalue weighted by molar-refractivity contribution is -0.0932. The smallest absolute Gasteiger partial charge is 0.0673 e. The van der Waals surface area contributed by atoms with Crippen molar-refractivity contribution in [2.45, 2.75) is 58.5 Å². The molecule has 0 aliphatic heterocycles. The first-order chi connectivity index (χ1) is 5.02. The van der Waals surface area contributed by atoms with Gasteiger partial charge in [0.15, 0.2) is 0 Å². The lowest BCUT2D eigenvalue weighted by Gasteiger charge is -2.46. The molecule has 0 aromatic carbocycles. The molecule has 1 heteroatoms. The quantitative estimate of drug-likeness (QED) is 0.619. The van der Waals surface area contributed by atoms with E-state index in [2.05, 4.69) is 13.8 Å². The van der Waals surface area contributed by atoms with Crippen LogP contribution < -0.4 is 0 Å². The molecule has 1 saturated carbocycles. The molecule has 0 spiro atoms. The SMILES string of the molecule is CCC1(C)CCCCC1(C)O. The van der Waals surface area contributed by atoms with Crippen LogP contribution in [0.1, 0.15) is 52.9 Å². The van der Waals surface area contributed by atoms with Crippen molar-refractivity contribution in [1.82, 2.24) is 0 Å². The van der Waals surface area contributed by atoms with Crippen LogP contribution in [0.3, 0.4) is 0 Å². The molecule has 0 aromatic rings. The van der Waals surface area contributed by atoms with Crippen LogP contribution in [0.25, 0.3) is 0 Å². The molecule has 0 bridgehead atoms. The summed E-state index contributed by atoms with van der Waals surface area (Å²) >= 11 is 0. The van der Waals surface area contributed by atoms with Crippen molar-refractivity contribution in [2.24, 2.45) is 5.41 Å². The second-order valence-corrected chi connectivity index (χ2v) is 4.40. The molecule has 1 rings (SSSR count). The molecule has 1 N–H and O–H groups in total. The van der Waals surface area contributed by atoms with Crippen LogP contribution in [0.2, 0.25) is 0 Å². The topological polar surface area (TPSA) is 20.2 Å². The fraction of sp³-hybridized carbons (Fsp3) is 1.00. The molecular weight excluding hydrogens is 136 g/mol. The molecule has 1 aliphatic rings. The summed E-state index contributed by atoms with van der Waals surface area (Å²) in [6.07, 6.45) is 5.76. The Morgan fingerprint density at radius 3 is 2.09 bits per heavy atom. The van der Waals surface area contributed by atoms with E-state index in [1.54, 1.807) is 0 Å². The van der Waals surface area contributed by atoms with Gasteiger partial charge in [0.25, 0.3) is 0 Å². The Kier molecular flexibility index (Phi) is 2.29. The predicted octanol–water partition coefficient (Wildman–Crippen LogP) is 2.73. The average Bonchev–Trinajstić information content (AvgIpc) is 1.95. The van der Waals surface area contributed by atoms with E-state index in [4.69, 9.17) is 0 Å². The van der Waals surface area contributed by atoms with Crippen LogP contribution >= 0.6 is 0 Å². The van der Waals surface area contributed by atoms with E-state index in [9.17, 15) is 5.11 Å². The van der Waals surface area contributed by atoms with Crippen LogP contribution in [0, 0.1) is 5.41 Å². The summed E-state index contributed by atoms with van der Waals surface area (Å²) in [4.78, 5) is 0. The van der Waals surface area contributed by atoms with Gasteiger partial charge in [-0.25, -0.2) is 0 Å². The second-order valence-electron chi connectivity index (χ2n) is 4.40. The highest BCUT2D eigenvalue weighted by Crippen LogP contribution is 2.45. The normalized spacial score (nSPS) is 45.8. The van der Waals surface area contributed by atoms with Crippen molar-refractivity contribution >= 4 is 0 Å². The highest BCUT2D eigenvalue weighted by atomic mass is 16.3. The van der Waals surface area contributed by atoms with Crippen molar-refractivity contribution in [3.8, 4) is 0 Å². The third-order valence-electron chi connectivity index (χ3n) is 3.72. The Balaban J connectivity index is 2.74. The van der Waals surface area contributed by atoms with Gasteiger partial charge in [-0.2, -0.15) is 0 Å². The number of rotatable bonds is 1. The van der Waals surface area contributed by atoms with Crippen LogP contribution in [0.5, 0.6) is 0 Å². The van der Waals surface area contributed by atoms with Gasteiger partial charge in [-0.1, -0.05) is 26.7 Å². The van der Waals surface area contributed by atoms with Gasteiger partial charge in [-0.15, -0.1) is 0 Å². The first-order valence-electron chi connectivity index (χ1n) is 4.74. The number of hydrogen-bond donors (Lipinski definition) is 1. The zero-order valence-corrected chi connectivity index (χ0v) is 7.98. The van der Waals surface area contributed by atoms with Gasteiger partial charge >= 0.3 is 0 Å². The third kappa shape index (κ3) is 1.44. The average molecular weight is 156 g/mol. The predicted molar refractivity (Wildman–Crippen MR) is 47.5 cm³/mol. The van der Waals surface area contributed by atoms with E-state index < -0.39 is 5.60 Å². The minimum absolute atomic E-state index is 0.172. The van der Waals surface area contributed by atoms with E-state index in [-0.39, 0.29) is 5.41 Å². The largest absolute Gasteiger partial charge is 0.390 e. The number of hydrogen-bond acceptors (Lipinski definition) is 1. The fourth-order valence-corrected chi connectivity index (χ4v) is 2.11. The zero-order valence-electron chi connectivity index (χ0n) is 7.98. The second kappa shape index (κ2) is 2.78. The summed E-state index contributed by atoms with van der Waals surface area (Å²) in [5, 5.41) is 10.1. The molecular formula is C10H20O. The van der Waals surface area contributed by atoms with Crippen LogP contribution in [0.15, 0.2) is 0 Å². The van der Waals surface area contributed by atoms with Gasteiger partial charge in [-0.3, -0.25) is 0 Å². The van der Waals surface area contributed by atoms with Crippen LogP contribution in [0.4, 0.5) is 0 Å². The highest BCUT2D eigenvalue weighted by molar-refractivity contribution is 4.94. The Labute approximate surface area is 69.8 Å². The Morgan fingerprint density at radius 1 is 1.18 bits per heavy atom. The molecule has 1 nitrogen and oxygen atoms in total. The lowest BCUT2D eigenvalue weighted by atomic mass is 9.64. The summed E-state index contributed by atoms with van der Waals surface area (Å²) in [5.74, 6) is 0. The maximum atomic E-state index is 10.1. The van der Waals surface area contributed by atoms with Crippen molar-refractivity contribution in [3.63, 3.8) is 0 Å². The summed E-state index contributed by atoms with van der Waals surface area (Å²) in [6, 6.07) is 0. The first-order valence-corrected chi connectivity index (χ1v) is 4.74. The van der Waals surface area contributed by atoms with Gasteiger partial charge in [-0.05, 0) is 31.6 Å². The van der Waals surface area contributed by atoms with E-state index in [1.807, 2.05) is 6.92 Å². The third-order valence-corrected chi connectivity index (χ3v) is 3.72. The maximum Gasteiger partial charge on any atom is 0.0673 e. The fourth-order valence-electron chi connectivity index (χ4n) is 2.11. The molecule has 0 radical (unpaired) electrons. The highest BCUT2D eigenvalue weighted by Gasteiger charge is 2.43. The van der Waals surface area contributed by atoms with Gasteiger partial charge in [0.2, 0.25) is 0 Å². The van der Waals surface area contributed by atoms with Crippen LogP contribution in [-0.4, -0.2) is 10.7 Å². The first kappa shape index (κ1) is 9.05. The molecule has 1 aliphatic carbocycles. The lowest BCUT2D eigenvalue weighted by Crippen LogP contribution is -2.45. The summed E-state index contributed by atoms with van der Waals surface area (Å²) < 4.78 is 0. The molecule has 2 atom stereocenters. The molecule has 0 heterocycles. The Hall–Kier alpha value is -0.0400. The maximum absolute atomic E-state index is 10.1. The Morgan fingerprint density at radius 2 is 1.73 bits per heavy atom. The minimum Gasteiger partial charge on any atom is -0.390 e. The van der Waals surface area contributed by atoms with Crippen LogP contribution in [-0.2, 0) is 0 Å². The molecule has 0 saturated heterocycles.